The third-order valence-corrected chi connectivity index (χ3v) is 12.0. The normalized spacial score (nSPS) is 21.8. The molecule has 1 aromatic rings. The maximum atomic E-state index is 14.0. The predicted molar refractivity (Wildman–Crippen MR) is 296 cm³/mol. The summed E-state index contributed by atoms with van der Waals surface area (Å²) in [6.45, 7) is 20.2. The number of non-ortho nitro benzene ring substituents is 1. The first-order valence-electron chi connectivity index (χ1n) is 27.4. The maximum absolute atomic E-state index is 14.0. The van der Waals surface area contributed by atoms with Gasteiger partial charge in [-0.1, -0.05) is 0 Å². The highest BCUT2D eigenvalue weighted by Crippen LogP contribution is 2.32. The molecule has 0 radical (unpaired) electrons. The summed E-state index contributed by atoms with van der Waals surface area (Å²) in [6, 6.07) is -1.20. The van der Waals surface area contributed by atoms with E-state index in [-0.39, 0.29) is 44.0 Å². The lowest BCUT2D eigenvalue weighted by molar-refractivity contribution is -0.384. The summed E-state index contributed by atoms with van der Waals surface area (Å²) in [7, 11) is 1.33. The molecule has 84 heavy (non-hydrogen) atoms. The number of benzene rings is 1. The Balaban J connectivity index is 2.15. The largest absolute Gasteiger partial charge is 0.465 e. The van der Waals surface area contributed by atoms with Crippen molar-refractivity contribution in [2.75, 3.05) is 33.4 Å². The molecule has 2 aliphatic rings. The zero-order valence-electron chi connectivity index (χ0n) is 50.5. The van der Waals surface area contributed by atoms with Crippen molar-refractivity contribution in [1.29, 1.82) is 0 Å². The molecule has 3 rings (SSSR count). The first-order valence-corrected chi connectivity index (χ1v) is 27.4. The fourth-order valence-electron chi connectivity index (χ4n) is 7.93. The highest BCUT2D eigenvalue weighted by molar-refractivity contribution is 5.85. The summed E-state index contributed by atoms with van der Waals surface area (Å²) in [6.07, 6.45) is -16.7. The minimum Gasteiger partial charge on any atom is -0.465 e. The van der Waals surface area contributed by atoms with Crippen LogP contribution < -0.4 is 31.9 Å². The summed E-state index contributed by atoms with van der Waals surface area (Å²) in [5.74, 6) is -1.81. The molecule has 30 nitrogen and oxygen atoms in total. The van der Waals surface area contributed by atoms with Gasteiger partial charge in [0.05, 0.1) is 48.8 Å². The predicted octanol–water partition coefficient (Wildman–Crippen LogP) is 2.99. The van der Waals surface area contributed by atoms with Gasteiger partial charge in [0.25, 0.3) is 5.69 Å². The van der Waals surface area contributed by atoms with Crippen molar-refractivity contribution in [2.24, 2.45) is 0 Å². The fourth-order valence-corrected chi connectivity index (χ4v) is 7.93. The van der Waals surface area contributed by atoms with Crippen LogP contribution in [0.5, 0.6) is 0 Å². The first kappa shape index (κ1) is 71.4. The van der Waals surface area contributed by atoms with Crippen molar-refractivity contribution >= 4 is 48.0 Å². The summed E-state index contributed by atoms with van der Waals surface area (Å²) < 4.78 is 52.1. The summed E-state index contributed by atoms with van der Waals surface area (Å²) in [4.78, 5) is 104. The number of nitro groups is 1. The molecule has 1 aromatic carbocycles. The Hall–Kier alpha value is -6.83. The standard InChI is InChI=1S/C54H88N8O22/c1-29(57-48(71)82-52(6,7)8)42(67)58-34-21-20-33(27-56-46(69)77-28-31-16-18-32(19-17-31)62(74)75)78-44(34)79-41-36(60-49(72)83-53(9,10)11)26-35(59-43(68)37(64)22-23-55-47(70)81-51(3,4)5)40(39(41)66)80-45(76-25-24-63)38(65)30(2)61(15)50(73)84-54(12,13)14/h16-20,29-30,34-41,44-45,63-66H,21-28H2,1-15H3,(H,55,70)(H,56,69)(H,57,71)(H,58,67)(H,59,68)(H,60,72)/t29?,30-,34+,35+,36-,37-,38+,39+,40-,41+,44+,45+/m0/s1. The van der Waals surface area contributed by atoms with Gasteiger partial charge in [0.1, 0.15) is 71.3 Å². The van der Waals surface area contributed by atoms with Gasteiger partial charge in [-0.2, -0.15) is 0 Å². The van der Waals surface area contributed by atoms with Gasteiger partial charge >= 0.3 is 30.5 Å². The van der Waals surface area contributed by atoms with Gasteiger partial charge in [-0.3, -0.25) is 19.7 Å². The Morgan fingerprint density at radius 2 is 1.31 bits per heavy atom. The maximum Gasteiger partial charge on any atom is 0.410 e. The van der Waals surface area contributed by atoms with Crippen molar-refractivity contribution in [2.45, 2.75) is 219 Å². The number of hydrogen-bond donors (Lipinski definition) is 10. The zero-order chi connectivity index (χ0) is 63.7. The Kier molecular flexibility index (Phi) is 26.7. The smallest absolute Gasteiger partial charge is 0.410 e. The van der Waals surface area contributed by atoms with E-state index < -0.39 is 163 Å². The summed E-state index contributed by atoms with van der Waals surface area (Å²) in [5.41, 5.74) is -3.57. The number of alkyl carbamates (subject to hydrolysis) is 4. The second-order valence-corrected chi connectivity index (χ2v) is 24.0. The van der Waals surface area contributed by atoms with E-state index in [1.165, 1.54) is 51.2 Å². The molecule has 1 aliphatic heterocycles. The number of ether oxygens (including phenoxy) is 9. The van der Waals surface area contributed by atoms with Crippen LogP contribution in [-0.4, -0.2) is 202 Å². The van der Waals surface area contributed by atoms with Crippen molar-refractivity contribution in [3.05, 3.63) is 51.8 Å². The lowest BCUT2D eigenvalue weighted by atomic mass is 9.83. The number of likely N-dealkylation sites (N-methyl/N-ethyl adjacent to an activating group) is 1. The molecular formula is C54H88N8O22. The number of carbonyl (C=O) groups excluding carboxylic acids is 7. The molecule has 0 saturated heterocycles. The molecule has 12 atom stereocenters. The van der Waals surface area contributed by atoms with Gasteiger partial charge in [0.2, 0.25) is 18.1 Å². The van der Waals surface area contributed by atoms with Crippen LogP contribution in [0, 0.1) is 10.1 Å². The number of nitro benzene ring substituents is 1. The third-order valence-electron chi connectivity index (χ3n) is 12.0. The lowest BCUT2D eigenvalue weighted by Crippen LogP contribution is -2.68. The van der Waals surface area contributed by atoms with Crippen LogP contribution in [0.3, 0.4) is 0 Å². The molecule has 1 saturated carbocycles. The number of aliphatic hydroxyl groups excluding tert-OH is 4. The van der Waals surface area contributed by atoms with Crippen molar-refractivity contribution in [3.8, 4) is 0 Å². The van der Waals surface area contributed by atoms with E-state index in [1.54, 1.807) is 83.1 Å². The molecule has 1 unspecified atom stereocenters. The van der Waals surface area contributed by atoms with Crippen LogP contribution >= 0.6 is 0 Å². The van der Waals surface area contributed by atoms with E-state index >= 15 is 0 Å². The number of hydrogen-bond acceptors (Lipinski definition) is 22. The van der Waals surface area contributed by atoms with E-state index in [1.807, 2.05) is 0 Å². The molecule has 10 N–H and O–H groups in total. The van der Waals surface area contributed by atoms with Crippen LogP contribution in [0.4, 0.5) is 29.7 Å². The van der Waals surface area contributed by atoms with Crippen LogP contribution in [-0.2, 0) is 58.8 Å². The van der Waals surface area contributed by atoms with E-state index in [0.29, 0.717) is 5.56 Å². The molecular weight excluding hydrogens is 1110 g/mol. The Morgan fingerprint density at radius 1 is 0.750 bits per heavy atom. The topological polar surface area (TPSA) is 402 Å². The SMILES string of the molecule is CC(NC(=O)OC(C)(C)C)C(=O)N[C@@H]1CC=C(CNC(=O)OCc2ccc([N+](=O)[O-])cc2)O[C@@H]1O[C@H]1[C@H](O)[C@@H](O[C@@H](OCCO)[C@H](O)[C@H](C)N(C)C(=O)OC(C)(C)C)[C@H](NC(=O)[C@@H](O)CCNC(=O)OC(C)(C)C)C[C@@H]1NC(=O)OC(C)(C)C. The minimum atomic E-state index is -2.06. The van der Waals surface area contributed by atoms with Gasteiger partial charge in [-0.25, -0.2) is 24.0 Å². The monoisotopic (exact) mass is 1200 g/mol. The highest BCUT2D eigenvalue weighted by Gasteiger charge is 2.51. The van der Waals surface area contributed by atoms with E-state index in [9.17, 15) is 64.1 Å². The average Bonchev–Trinajstić information content (AvgIpc) is 3.32. The van der Waals surface area contributed by atoms with E-state index in [4.69, 9.17) is 42.6 Å². The average molecular weight is 1200 g/mol. The molecule has 0 spiro atoms. The van der Waals surface area contributed by atoms with Gasteiger partial charge in [0, 0.05) is 25.7 Å². The van der Waals surface area contributed by atoms with Crippen molar-refractivity contribution < 1.29 is 102 Å². The number of carbonyl (C=O) groups is 7. The Morgan fingerprint density at radius 3 is 1.88 bits per heavy atom. The molecule has 0 aromatic heterocycles. The van der Waals surface area contributed by atoms with Crippen LogP contribution in [0.2, 0.25) is 0 Å². The molecule has 1 aliphatic carbocycles. The lowest BCUT2D eigenvalue weighted by Gasteiger charge is -2.47. The second kappa shape index (κ2) is 31.4. The Bertz CT molecular complexity index is 2400. The van der Waals surface area contributed by atoms with Crippen LogP contribution in [0.1, 0.15) is 122 Å². The van der Waals surface area contributed by atoms with Crippen LogP contribution in [0.15, 0.2) is 36.1 Å². The second-order valence-electron chi connectivity index (χ2n) is 24.0. The van der Waals surface area contributed by atoms with Crippen molar-refractivity contribution in [3.63, 3.8) is 0 Å². The number of aliphatic hydroxyl groups is 4. The van der Waals surface area contributed by atoms with E-state index in [2.05, 4.69) is 31.9 Å². The number of nitrogens with zero attached hydrogens (tertiary/aromatic N) is 2. The minimum absolute atomic E-state index is 0.0245. The molecule has 0 bridgehead atoms. The number of rotatable bonds is 24. The molecule has 30 heteroatoms. The molecule has 7 amide bonds. The fraction of sp³-hybridized carbons (Fsp3) is 0.722. The molecule has 476 valence electrons. The highest BCUT2D eigenvalue weighted by atomic mass is 16.7. The third kappa shape index (κ3) is 25.2. The van der Waals surface area contributed by atoms with E-state index in [0.717, 1.165) is 4.90 Å². The number of nitrogens with one attached hydrogen (secondary N) is 6. The van der Waals surface area contributed by atoms with Gasteiger partial charge < -0.3 is 99.9 Å². The number of amides is 7. The summed E-state index contributed by atoms with van der Waals surface area (Å²) in [5, 5.41) is 72.4. The van der Waals surface area contributed by atoms with Crippen molar-refractivity contribution in [1.82, 2.24) is 36.8 Å². The Labute approximate surface area is 488 Å². The summed E-state index contributed by atoms with van der Waals surface area (Å²) >= 11 is 0. The quantitative estimate of drug-likeness (QED) is 0.0308. The first-order chi connectivity index (χ1) is 38.8. The van der Waals surface area contributed by atoms with Crippen LogP contribution in [0.25, 0.3) is 0 Å². The van der Waals surface area contributed by atoms with Gasteiger partial charge in [0.15, 0.2) is 6.29 Å². The molecule has 1 fully saturated rings. The molecule has 1 heterocycles. The van der Waals surface area contributed by atoms with Gasteiger partial charge in [-0.15, -0.1) is 0 Å². The van der Waals surface area contributed by atoms with Gasteiger partial charge in [-0.05, 0) is 140 Å². The zero-order valence-corrected chi connectivity index (χ0v) is 50.5.